The fourth-order valence-corrected chi connectivity index (χ4v) is 3.36. The van der Waals surface area contributed by atoms with E-state index in [4.69, 9.17) is 0 Å². The molecule has 0 spiro atoms. The normalized spacial score (nSPS) is 14.5. The van der Waals surface area contributed by atoms with Crippen LogP contribution in [0.15, 0.2) is 16.0 Å². The lowest BCUT2D eigenvalue weighted by Crippen LogP contribution is -2.31. The average Bonchev–Trinajstić information content (AvgIpc) is 3.07. The van der Waals surface area contributed by atoms with E-state index in [1.54, 1.807) is 13.8 Å². The summed E-state index contributed by atoms with van der Waals surface area (Å²) in [7, 11) is 0. The van der Waals surface area contributed by atoms with Crippen LogP contribution in [0.2, 0.25) is 0 Å². The van der Waals surface area contributed by atoms with E-state index in [0.717, 1.165) is 31.0 Å². The van der Waals surface area contributed by atoms with E-state index in [0.29, 0.717) is 17.4 Å². The number of nitrogens with one attached hydrogen (secondary N) is 2. The summed E-state index contributed by atoms with van der Waals surface area (Å²) in [4.78, 5) is 30.5. The zero-order chi connectivity index (χ0) is 16.4. The minimum absolute atomic E-state index is 0.130. The smallest absolute Gasteiger partial charge is 0.251 e. The van der Waals surface area contributed by atoms with E-state index in [9.17, 15) is 9.59 Å². The predicted octanol–water partition coefficient (Wildman–Crippen LogP) is 0.413. The molecular weight excluding hydrogens is 316 g/mol. The summed E-state index contributed by atoms with van der Waals surface area (Å²) in [5.41, 5.74) is 0.412. The number of aryl methyl sites for hydroxylation is 2. The van der Waals surface area contributed by atoms with Crippen molar-refractivity contribution in [2.24, 2.45) is 0 Å². The monoisotopic (exact) mass is 334 g/mol. The maximum atomic E-state index is 12.2. The van der Waals surface area contributed by atoms with Gasteiger partial charge in [0.1, 0.15) is 5.82 Å². The van der Waals surface area contributed by atoms with E-state index in [1.165, 1.54) is 17.8 Å². The highest BCUT2D eigenvalue weighted by atomic mass is 32.2. The number of fused-ring (bicyclic) bond motifs is 1. The fraction of sp³-hybridized carbons (Fsp3) is 0.500. The first kappa shape index (κ1) is 15.7. The van der Waals surface area contributed by atoms with Crippen molar-refractivity contribution >= 4 is 17.7 Å². The zero-order valence-corrected chi connectivity index (χ0v) is 13.8. The lowest BCUT2D eigenvalue weighted by molar-refractivity contribution is -0.120. The van der Waals surface area contributed by atoms with Crippen molar-refractivity contribution in [1.82, 2.24) is 30.0 Å². The third kappa shape index (κ3) is 3.61. The topological polar surface area (TPSA) is 106 Å². The summed E-state index contributed by atoms with van der Waals surface area (Å²) in [6.07, 6.45) is 2.02. The molecule has 0 saturated heterocycles. The first-order chi connectivity index (χ1) is 11.0. The van der Waals surface area contributed by atoms with Crippen molar-refractivity contribution in [3.05, 3.63) is 33.8 Å². The van der Waals surface area contributed by atoms with Gasteiger partial charge in [-0.25, -0.2) is 4.98 Å². The number of amides is 1. The predicted molar refractivity (Wildman–Crippen MR) is 85.1 cm³/mol. The third-order valence-electron chi connectivity index (χ3n) is 3.61. The first-order valence-electron chi connectivity index (χ1n) is 7.46. The number of carbonyl (C=O) groups is 1. The van der Waals surface area contributed by atoms with Gasteiger partial charge in [-0.1, -0.05) is 11.8 Å². The standard InChI is InChI=1S/C14H18N6O2S/c1-8-6-12(21)17-14(16-8)23-9(2)13(22)15-7-11-19-18-10-4-3-5-20(10)11/h6,9H,3-5,7H2,1-2H3,(H,15,22)(H,16,17,21)/t9-/m1/s1. The second-order valence-corrected chi connectivity index (χ2v) is 6.79. The molecule has 1 amide bonds. The number of thioether (sulfide) groups is 1. The second kappa shape index (κ2) is 6.53. The lowest BCUT2D eigenvalue weighted by atomic mass is 10.4. The van der Waals surface area contributed by atoms with Gasteiger partial charge in [0.2, 0.25) is 5.91 Å². The molecule has 1 aliphatic rings. The molecule has 122 valence electrons. The number of rotatable bonds is 5. The highest BCUT2D eigenvalue weighted by molar-refractivity contribution is 8.00. The molecule has 3 rings (SSSR count). The van der Waals surface area contributed by atoms with Crippen molar-refractivity contribution in [2.75, 3.05) is 0 Å². The lowest BCUT2D eigenvalue weighted by Gasteiger charge is -2.11. The van der Waals surface area contributed by atoms with E-state index >= 15 is 0 Å². The van der Waals surface area contributed by atoms with Gasteiger partial charge in [0.15, 0.2) is 11.0 Å². The summed E-state index contributed by atoms with van der Waals surface area (Å²) in [6.45, 7) is 4.78. The van der Waals surface area contributed by atoms with Crippen LogP contribution >= 0.6 is 11.8 Å². The number of H-pyrrole nitrogens is 1. The largest absolute Gasteiger partial charge is 0.348 e. The minimum atomic E-state index is -0.374. The molecule has 2 aromatic heterocycles. The highest BCUT2D eigenvalue weighted by Gasteiger charge is 2.20. The molecule has 3 heterocycles. The van der Waals surface area contributed by atoms with Gasteiger partial charge in [-0.3, -0.25) is 9.59 Å². The van der Waals surface area contributed by atoms with E-state index < -0.39 is 0 Å². The molecule has 1 atom stereocenters. The molecule has 0 saturated carbocycles. The summed E-state index contributed by atoms with van der Waals surface area (Å²) in [6, 6.07) is 1.42. The maximum Gasteiger partial charge on any atom is 0.251 e. The van der Waals surface area contributed by atoms with Crippen molar-refractivity contribution < 1.29 is 4.79 Å². The van der Waals surface area contributed by atoms with Gasteiger partial charge in [-0.2, -0.15) is 0 Å². The van der Waals surface area contributed by atoms with Crippen LogP contribution in [-0.4, -0.2) is 35.9 Å². The van der Waals surface area contributed by atoms with E-state index in [2.05, 4.69) is 30.0 Å². The van der Waals surface area contributed by atoms with E-state index in [1.807, 2.05) is 0 Å². The Labute approximate surface area is 137 Å². The van der Waals surface area contributed by atoms with Gasteiger partial charge < -0.3 is 14.9 Å². The van der Waals surface area contributed by atoms with Crippen molar-refractivity contribution in [3.8, 4) is 0 Å². The Kier molecular flexibility index (Phi) is 4.46. The number of nitrogens with zero attached hydrogens (tertiary/aromatic N) is 4. The Bertz CT molecular complexity index is 784. The number of aromatic nitrogens is 5. The number of hydrogen-bond acceptors (Lipinski definition) is 6. The summed E-state index contributed by atoms with van der Waals surface area (Å²) in [5, 5.41) is 11.2. The van der Waals surface area contributed by atoms with Crippen molar-refractivity contribution in [3.63, 3.8) is 0 Å². The molecule has 0 unspecified atom stereocenters. The summed E-state index contributed by atoms with van der Waals surface area (Å²) >= 11 is 1.22. The first-order valence-corrected chi connectivity index (χ1v) is 8.34. The van der Waals surface area contributed by atoms with Crippen LogP contribution < -0.4 is 10.9 Å². The maximum absolute atomic E-state index is 12.2. The molecule has 2 aromatic rings. The molecule has 1 aliphatic heterocycles. The minimum Gasteiger partial charge on any atom is -0.348 e. The molecule has 23 heavy (non-hydrogen) atoms. The molecular formula is C14H18N6O2S. The van der Waals surface area contributed by atoms with Crippen LogP contribution in [0.4, 0.5) is 0 Å². The molecule has 0 radical (unpaired) electrons. The second-order valence-electron chi connectivity index (χ2n) is 5.46. The molecule has 0 fully saturated rings. The van der Waals surface area contributed by atoms with Crippen LogP contribution in [-0.2, 0) is 24.3 Å². The van der Waals surface area contributed by atoms with Gasteiger partial charge in [0.25, 0.3) is 5.56 Å². The van der Waals surface area contributed by atoms with Gasteiger partial charge in [-0.15, -0.1) is 10.2 Å². The van der Waals surface area contributed by atoms with Crippen LogP contribution in [0.3, 0.4) is 0 Å². The quantitative estimate of drug-likeness (QED) is 0.606. The van der Waals surface area contributed by atoms with Gasteiger partial charge in [0, 0.05) is 24.7 Å². The Morgan fingerprint density at radius 2 is 2.35 bits per heavy atom. The van der Waals surface area contributed by atoms with E-state index in [-0.39, 0.29) is 16.7 Å². The van der Waals surface area contributed by atoms with Crippen LogP contribution in [0.25, 0.3) is 0 Å². The highest BCUT2D eigenvalue weighted by Crippen LogP contribution is 2.19. The van der Waals surface area contributed by atoms with Gasteiger partial charge >= 0.3 is 0 Å². The Morgan fingerprint density at radius 1 is 1.52 bits per heavy atom. The molecule has 2 N–H and O–H groups in total. The Morgan fingerprint density at radius 3 is 3.13 bits per heavy atom. The SMILES string of the molecule is Cc1cc(=O)[nH]c(S[C@H](C)C(=O)NCc2nnc3n2CCC3)n1. The molecule has 0 aromatic carbocycles. The van der Waals surface area contributed by atoms with Crippen LogP contribution in [0.1, 0.15) is 30.7 Å². The average molecular weight is 334 g/mol. The molecule has 0 aliphatic carbocycles. The summed E-state index contributed by atoms with van der Waals surface area (Å²) in [5.74, 6) is 1.64. The Hall–Kier alpha value is -2.16. The molecule has 8 nitrogen and oxygen atoms in total. The number of aromatic amines is 1. The van der Waals surface area contributed by atoms with Gasteiger partial charge in [0.05, 0.1) is 11.8 Å². The molecule has 9 heteroatoms. The summed E-state index contributed by atoms with van der Waals surface area (Å²) < 4.78 is 2.05. The molecule has 0 bridgehead atoms. The number of hydrogen-bond donors (Lipinski definition) is 2. The van der Waals surface area contributed by atoms with Crippen LogP contribution in [0, 0.1) is 6.92 Å². The Balaban J connectivity index is 1.58. The zero-order valence-electron chi connectivity index (χ0n) is 13.0. The number of carbonyl (C=O) groups excluding carboxylic acids is 1. The fourth-order valence-electron chi connectivity index (χ4n) is 2.48. The third-order valence-corrected chi connectivity index (χ3v) is 4.60. The van der Waals surface area contributed by atoms with Crippen molar-refractivity contribution in [1.29, 1.82) is 0 Å². The van der Waals surface area contributed by atoms with Crippen molar-refractivity contribution in [2.45, 2.75) is 50.2 Å². The van der Waals surface area contributed by atoms with Crippen LogP contribution in [0.5, 0.6) is 0 Å². The van der Waals surface area contributed by atoms with Gasteiger partial charge in [-0.05, 0) is 20.3 Å².